The molecule has 0 aliphatic rings. The molecule has 2 N–H and O–H groups in total. The predicted octanol–water partition coefficient (Wildman–Crippen LogP) is 1.41. The van der Waals surface area contributed by atoms with Crippen LogP contribution in [-0.4, -0.2) is 25.7 Å². The van der Waals surface area contributed by atoms with Crippen LogP contribution in [0.1, 0.15) is 10.4 Å². The number of benzene rings is 1. The Morgan fingerprint density at radius 1 is 1.47 bits per heavy atom. The number of sulfonamides is 1. The second kappa shape index (κ2) is 4.08. The molecule has 1 aromatic rings. The zero-order valence-electron chi connectivity index (χ0n) is 7.69. The quantitative estimate of drug-likeness (QED) is 0.848. The Labute approximate surface area is 91.7 Å². The van der Waals surface area contributed by atoms with Crippen LogP contribution in [0.4, 0.5) is 5.69 Å². The van der Waals surface area contributed by atoms with Gasteiger partial charge in [0.1, 0.15) is 0 Å². The van der Waals surface area contributed by atoms with Gasteiger partial charge in [-0.15, -0.1) is 0 Å². The molecule has 0 radical (unpaired) electrons. The van der Waals surface area contributed by atoms with Gasteiger partial charge in [0.05, 0.1) is 17.5 Å². The van der Waals surface area contributed by atoms with Gasteiger partial charge >= 0.3 is 5.97 Å². The van der Waals surface area contributed by atoms with Crippen LogP contribution in [-0.2, 0) is 10.0 Å². The Kier molecular flexibility index (Phi) is 3.21. The highest BCUT2D eigenvalue weighted by atomic mass is 35.5. The van der Waals surface area contributed by atoms with Gasteiger partial charge in [0.2, 0.25) is 10.0 Å². The molecule has 0 fully saturated rings. The van der Waals surface area contributed by atoms with Crippen molar-refractivity contribution in [1.29, 1.82) is 0 Å². The smallest absolute Gasteiger partial charge is 0.337 e. The predicted molar refractivity (Wildman–Crippen MR) is 56.9 cm³/mol. The van der Waals surface area contributed by atoms with E-state index in [4.69, 9.17) is 16.7 Å². The highest BCUT2D eigenvalue weighted by Gasteiger charge is 2.13. The van der Waals surface area contributed by atoms with Crippen molar-refractivity contribution in [3.05, 3.63) is 28.8 Å². The summed E-state index contributed by atoms with van der Waals surface area (Å²) in [6, 6.07) is 3.85. The second-order valence-corrected chi connectivity index (χ2v) is 5.05. The van der Waals surface area contributed by atoms with Crippen molar-refractivity contribution in [2.75, 3.05) is 11.0 Å². The Morgan fingerprint density at radius 3 is 2.53 bits per heavy atom. The molecule has 0 saturated heterocycles. The monoisotopic (exact) mass is 249 g/mol. The van der Waals surface area contributed by atoms with E-state index >= 15 is 0 Å². The van der Waals surface area contributed by atoms with E-state index < -0.39 is 16.0 Å². The Morgan fingerprint density at radius 2 is 2.07 bits per heavy atom. The van der Waals surface area contributed by atoms with Crippen molar-refractivity contribution in [3.63, 3.8) is 0 Å². The fourth-order valence-corrected chi connectivity index (χ4v) is 1.73. The minimum atomic E-state index is -3.52. The summed E-state index contributed by atoms with van der Waals surface area (Å²) in [6.07, 6.45) is 0.930. The summed E-state index contributed by atoms with van der Waals surface area (Å²) in [5.74, 6) is -1.22. The third-order valence-corrected chi connectivity index (χ3v) is 2.33. The Balaban J connectivity index is 3.25. The fourth-order valence-electron chi connectivity index (χ4n) is 0.987. The van der Waals surface area contributed by atoms with Crippen LogP contribution in [0, 0.1) is 0 Å². The van der Waals surface area contributed by atoms with E-state index in [1.807, 2.05) is 0 Å². The lowest BCUT2D eigenvalue weighted by molar-refractivity contribution is 0.0698. The van der Waals surface area contributed by atoms with E-state index in [0.717, 1.165) is 6.26 Å². The molecule has 0 heterocycles. The molecule has 0 aliphatic carbocycles. The minimum Gasteiger partial charge on any atom is -0.478 e. The molecule has 0 aromatic heterocycles. The first-order valence-electron chi connectivity index (χ1n) is 3.80. The second-order valence-electron chi connectivity index (χ2n) is 2.87. The van der Waals surface area contributed by atoms with E-state index in [9.17, 15) is 13.2 Å². The maximum Gasteiger partial charge on any atom is 0.337 e. The number of hydrogen-bond donors (Lipinski definition) is 2. The van der Waals surface area contributed by atoms with Gasteiger partial charge in [0, 0.05) is 5.02 Å². The third kappa shape index (κ3) is 3.41. The number of halogens is 1. The van der Waals surface area contributed by atoms with Crippen LogP contribution in [0.5, 0.6) is 0 Å². The van der Waals surface area contributed by atoms with Gasteiger partial charge in [0.25, 0.3) is 0 Å². The number of carboxylic acid groups (broad SMARTS) is 1. The molecule has 1 rings (SSSR count). The van der Waals surface area contributed by atoms with Crippen LogP contribution < -0.4 is 4.72 Å². The maximum absolute atomic E-state index is 10.9. The molecule has 0 aliphatic heterocycles. The van der Waals surface area contributed by atoms with Crippen LogP contribution in [0.15, 0.2) is 18.2 Å². The molecular formula is C8H8ClNO4S. The first-order chi connectivity index (χ1) is 6.79. The van der Waals surface area contributed by atoms with E-state index in [2.05, 4.69) is 4.72 Å². The molecule has 0 saturated carbocycles. The van der Waals surface area contributed by atoms with Crippen LogP contribution in [0.25, 0.3) is 0 Å². The van der Waals surface area contributed by atoms with E-state index in [1.165, 1.54) is 18.2 Å². The topological polar surface area (TPSA) is 83.5 Å². The molecule has 15 heavy (non-hydrogen) atoms. The number of anilines is 1. The average Bonchev–Trinajstić information content (AvgIpc) is 1.99. The molecule has 1 aromatic carbocycles. The van der Waals surface area contributed by atoms with E-state index in [0.29, 0.717) is 0 Å². The van der Waals surface area contributed by atoms with E-state index in [1.54, 1.807) is 0 Å². The Hall–Kier alpha value is -1.27. The van der Waals surface area contributed by atoms with Gasteiger partial charge in [-0.3, -0.25) is 4.72 Å². The highest BCUT2D eigenvalue weighted by Crippen LogP contribution is 2.21. The van der Waals surface area contributed by atoms with Crippen molar-refractivity contribution in [2.24, 2.45) is 0 Å². The number of rotatable bonds is 3. The standard InChI is InChI=1S/C8H8ClNO4S/c1-15(13,14)10-7-4-5(9)2-3-6(7)8(11)12/h2-4,10H,1H3,(H,11,12). The number of carboxylic acids is 1. The first-order valence-corrected chi connectivity index (χ1v) is 6.07. The molecule has 0 spiro atoms. The number of aromatic carboxylic acids is 1. The largest absolute Gasteiger partial charge is 0.478 e. The van der Waals surface area contributed by atoms with Gasteiger partial charge in [-0.2, -0.15) is 0 Å². The summed E-state index contributed by atoms with van der Waals surface area (Å²) in [5, 5.41) is 9.03. The zero-order chi connectivity index (χ0) is 11.6. The number of hydrogen-bond acceptors (Lipinski definition) is 3. The number of nitrogens with one attached hydrogen (secondary N) is 1. The lowest BCUT2D eigenvalue weighted by atomic mass is 10.2. The van der Waals surface area contributed by atoms with Gasteiger partial charge in [-0.25, -0.2) is 13.2 Å². The molecule has 82 valence electrons. The van der Waals surface area contributed by atoms with Crippen LogP contribution in [0.3, 0.4) is 0 Å². The van der Waals surface area contributed by atoms with Crippen molar-refractivity contribution >= 4 is 33.3 Å². The van der Waals surface area contributed by atoms with Gasteiger partial charge in [0.15, 0.2) is 0 Å². The summed E-state index contributed by atoms with van der Waals surface area (Å²) in [5.41, 5.74) is -0.192. The average molecular weight is 250 g/mol. The highest BCUT2D eigenvalue weighted by molar-refractivity contribution is 7.92. The van der Waals surface area contributed by atoms with Crippen molar-refractivity contribution in [2.45, 2.75) is 0 Å². The first kappa shape index (κ1) is 11.8. The SMILES string of the molecule is CS(=O)(=O)Nc1cc(Cl)ccc1C(=O)O. The summed E-state index contributed by atoms with van der Waals surface area (Å²) in [6.45, 7) is 0. The summed E-state index contributed by atoms with van der Waals surface area (Å²) in [4.78, 5) is 10.7. The third-order valence-electron chi connectivity index (χ3n) is 1.51. The summed E-state index contributed by atoms with van der Waals surface area (Å²) >= 11 is 5.62. The Bertz CT molecular complexity index is 497. The molecular weight excluding hydrogens is 242 g/mol. The molecule has 0 unspecified atom stereocenters. The maximum atomic E-state index is 10.9. The lowest BCUT2D eigenvalue weighted by Crippen LogP contribution is -2.13. The fraction of sp³-hybridized carbons (Fsp3) is 0.125. The molecule has 0 atom stereocenters. The zero-order valence-corrected chi connectivity index (χ0v) is 9.26. The number of carbonyl (C=O) groups is 1. The lowest BCUT2D eigenvalue weighted by Gasteiger charge is -2.07. The van der Waals surface area contributed by atoms with Crippen molar-refractivity contribution in [3.8, 4) is 0 Å². The van der Waals surface area contributed by atoms with Crippen LogP contribution >= 0.6 is 11.6 Å². The molecule has 0 bridgehead atoms. The van der Waals surface area contributed by atoms with Crippen LogP contribution in [0.2, 0.25) is 5.02 Å². The minimum absolute atomic E-state index is 0.0440. The molecule has 0 amide bonds. The molecule has 5 nitrogen and oxygen atoms in total. The summed E-state index contributed by atoms with van der Waals surface area (Å²) < 4.78 is 24.0. The normalized spacial score (nSPS) is 11.1. The van der Waals surface area contributed by atoms with Gasteiger partial charge < -0.3 is 5.11 Å². The van der Waals surface area contributed by atoms with Gasteiger partial charge in [-0.05, 0) is 18.2 Å². The van der Waals surface area contributed by atoms with Gasteiger partial charge in [-0.1, -0.05) is 11.6 Å². The van der Waals surface area contributed by atoms with Crippen molar-refractivity contribution in [1.82, 2.24) is 0 Å². The molecule has 7 heteroatoms. The summed E-state index contributed by atoms with van der Waals surface area (Å²) in [7, 11) is -3.52. The van der Waals surface area contributed by atoms with E-state index in [-0.39, 0.29) is 16.3 Å². The van der Waals surface area contributed by atoms with Crippen molar-refractivity contribution < 1.29 is 18.3 Å².